The van der Waals surface area contributed by atoms with Crippen molar-refractivity contribution < 1.29 is 18.8 Å². The summed E-state index contributed by atoms with van der Waals surface area (Å²) in [6.07, 6.45) is 0. The fourth-order valence-corrected chi connectivity index (χ4v) is 1.50. The van der Waals surface area contributed by atoms with Gasteiger partial charge in [0.2, 0.25) is 5.75 Å². The molecule has 0 bridgehead atoms. The lowest BCUT2D eigenvalue weighted by molar-refractivity contribution is -0.385. The highest BCUT2D eigenvalue weighted by Crippen LogP contribution is 2.33. The highest BCUT2D eigenvalue weighted by atomic mass is 32.2. The van der Waals surface area contributed by atoms with Crippen molar-refractivity contribution >= 4 is 22.5 Å². The van der Waals surface area contributed by atoms with Gasteiger partial charge in [0.05, 0.1) is 10.6 Å². The number of nitro groups is 1. The third-order valence-corrected chi connectivity index (χ3v) is 2.23. The summed E-state index contributed by atoms with van der Waals surface area (Å²) in [6, 6.07) is 2.15. The number of hydrogen-bond acceptors (Lipinski definition) is 6. The Balaban J connectivity index is 3.23. The van der Waals surface area contributed by atoms with Crippen LogP contribution in [0.1, 0.15) is 5.56 Å². The zero-order chi connectivity index (χ0) is 11.6. The van der Waals surface area contributed by atoms with Gasteiger partial charge in [-0.3, -0.25) is 14.3 Å². The van der Waals surface area contributed by atoms with Crippen molar-refractivity contribution in [2.24, 2.45) is 0 Å². The number of nitrogens with two attached hydrogens (primary N) is 1. The molecule has 0 heterocycles. The van der Waals surface area contributed by atoms with Gasteiger partial charge in [-0.05, 0) is 11.6 Å². The SMILES string of the molecule is Nc1cc(CS(=O)[O-])cc([N+](=O)[O-])c1O. The number of anilines is 1. The van der Waals surface area contributed by atoms with Crippen LogP contribution in [0.15, 0.2) is 12.1 Å². The van der Waals surface area contributed by atoms with Gasteiger partial charge < -0.3 is 15.4 Å². The minimum Gasteiger partial charge on any atom is -0.772 e. The monoisotopic (exact) mass is 231 g/mol. The standard InChI is InChI=1S/C7H8N2O5S/c8-5-1-4(3-15(13)14)2-6(7(5)10)9(11)12/h1-2,10H,3,8H2,(H,13,14)/p-1. The summed E-state index contributed by atoms with van der Waals surface area (Å²) in [6.45, 7) is 0. The highest BCUT2D eigenvalue weighted by molar-refractivity contribution is 7.78. The zero-order valence-electron chi connectivity index (χ0n) is 7.37. The predicted octanol–water partition coefficient (Wildman–Crippen LogP) is 0.262. The van der Waals surface area contributed by atoms with Crippen molar-refractivity contribution in [3.05, 3.63) is 27.8 Å². The number of nitrogen functional groups attached to an aromatic ring is 1. The average molecular weight is 231 g/mol. The van der Waals surface area contributed by atoms with Gasteiger partial charge in [-0.25, -0.2) is 0 Å². The molecule has 82 valence electrons. The molecule has 0 saturated carbocycles. The smallest absolute Gasteiger partial charge is 0.313 e. The van der Waals surface area contributed by atoms with E-state index in [1.807, 2.05) is 0 Å². The van der Waals surface area contributed by atoms with Crippen LogP contribution in [0.25, 0.3) is 0 Å². The first kappa shape index (κ1) is 11.4. The lowest BCUT2D eigenvalue weighted by atomic mass is 10.2. The van der Waals surface area contributed by atoms with Crippen molar-refractivity contribution in [2.75, 3.05) is 5.73 Å². The first-order chi connectivity index (χ1) is 6.91. The number of nitro benzene ring substituents is 1. The molecule has 0 saturated heterocycles. The molecule has 1 aromatic carbocycles. The lowest BCUT2D eigenvalue weighted by Crippen LogP contribution is -1.99. The Kier molecular flexibility index (Phi) is 3.22. The van der Waals surface area contributed by atoms with Crippen LogP contribution in [0.3, 0.4) is 0 Å². The number of hydrogen-bond donors (Lipinski definition) is 2. The van der Waals surface area contributed by atoms with Crippen LogP contribution in [0, 0.1) is 10.1 Å². The molecule has 7 nitrogen and oxygen atoms in total. The molecule has 0 aliphatic heterocycles. The maximum atomic E-state index is 10.4. The summed E-state index contributed by atoms with van der Waals surface area (Å²) in [5, 5.41) is 19.7. The van der Waals surface area contributed by atoms with Gasteiger partial charge in [0.1, 0.15) is 0 Å². The maximum Gasteiger partial charge on any atom is 0.313 e. The van der Waals surface area contributed by atoms with Gasteiger partial charge in [0, 0.05) is 11.8 Å². The van der Waals surface area contributed by atoms with E-state index in [9.17, 15) is 24.0 Å². The van der Waals surface area contributed by atoms with Crippen LogP contribution >= 0.6 is 0 Å². The van der Waals surface area contributed by atoms with Gasteiger partial charge in [-0.2, -0.15) is 0 Å². The topological polar surface area (TPSA) is 130 Å². The van der Waals surface area contributed by atoms with Crippen molar-refractivity contribution in [2.45, 2.75) is 5.75 Å². The number of rotatable bonds is 3. The molecule has 15 heavy (non-hydrogen) atoms. The molecule has 1 rings (SSSR count). The Morgan fingerprint density at radius 3 is 2.60 bits per heavy atom. The first-order valence-electron chi connectivity index (χ1n) is 3.73. The summed E-state index contributed by atoms with van der Waals surface area (Å²) >= 11 is -2.36. The molecule has 0 amide bonds. The average Bonchev–Trinajstić information content (AvgIpc) is 2.09. The number of aromatic hydroxyl groups is 1. The minimum atomic E-state index is -2.36. The largest absolute Gasteiger partial charge is 0.772 e. The molecule has 0 aromatic heterocycles. The summed E-state index contributed by atoms with van der Waals surface area (Å²) < 4.78 is 20.7. The number of phenolic OH excluding ortho intramolecular Hbond substituents is 1. The van der Waals surface area contributed by atoms with Gasteiger partial charge >= 0.3 is 5.69 Å². The third-order valence-electron chi connectivity index (χ3n) is 1.66. The first-order valence-corrected chi connectivity index (χ1v) is 4.98. The molecule has 8 heteroatoms. The summed E-state index contributed by atoms with van der Waals surface area (Å²) in [4.78, 5) is 9.62. The Hall–Kier alpha value is -1.67. The quantitative estimate of drug-likeness (QED) is 0.252. The normalized spacial score (nSPS) is 12.3. The molecular weight excluding hydrogens is 224 g/mol. The molecular formula is C7H7N2O5S-. The number of nitrogens with zero attached hydrogens (tertiary/aromatic N) is 1. The molecule has 0 spiro atoms. The fraction of sp³-hybridized carbons (Fsp3) is 0.143. The Morgan fingerprint density at radius 1 is 1.53 bits per heavy atom. The molecule has 1 aromatic rings. The van der Waals surface area contributed by atoms with E-state index in [0.717, 1.165) is 6.07 Å². The molecule has 0 fully saturated rings. The summed E-state index contributed by atoms with van der Waals surface area (Å²) in [5.41, 5.74) is 4.62. The maximum absolute atomic E-state index is 10.4. The zero-order valence-corrected chi connectivity index (χ0v) is 8.19. The Morgan fingerprint density at radius 2 is 2.13 bits per heavy atom. The summed E-state index contributed by atoms with van der Waals surface area (Å²) in [7, 11) is 0. The van der Waals surface area contributed by atoms with Crippen LogP contribution in [-0.4, -0.2) is 18.8 Å². The van der Waals surface area contributed by atoms with Gasteiger partial charge in [0.25, 0.3) is 0 Å². The third kappa shape index (κ3) is 2.64. The van der Waals surface area contributed by atoms with Crippen molar-refractivity contribution in [1.29, 1.82) is 0 Å². The second-order valence-electron chi connectivity index (χ2n) is 2.76. The molecule has 1 unspecified atom stereocenters. The number of phenols is 1. The lowest BCUT2D eigenvalue weighted by Gasteiger charge is -2.07. The van der Waals surface area contributed by atoms with Crippen molar-refractivity contribution in [3.63, 3.8) is 0 Å². The molecule has 1 atom stereocenters. The second kappa shape index (κ2) is 4.24. The number of benzene rings is 1. The van der Waals surface area contributed by atoms with Crippen LogP contribution in [0.4, 0.5) is 11.4 Å². The van der Waals surface area contributed by atoms with E-state index in [4.69, 9.17) is 5.73 Å². The second-order valence-corrected chi connectivity index (χ2v) is 3.65. The van der Waals surface area contributed by atoms with E-state index in [-0.39, 0.29) is 17.0 Å². The molecule has 0 aliphatic rings. The van der Waals surface area contributed by atoms with Crippen LogP contribution in [0.2, 0.25) is 0 Å². The molecule has 3 N–H and O–H groups in total. The van der Waals surface area contributed by atoms with Gasteiger partial charge in [-0.15, -0.1) is 0 Å². The van der Waals surface area contributed by atoms with E-state index in [0.29, 0.717) is 0 Å². The van der Waals surface area contributed by atoms with E-state index in [2.05, 4.69) is 0 Å². The van der Waals surface area contributed by atoms with Crippen LogP contribution in [0.5, 0.6) is 5.75 Å². The fourth-order valence-electron chi connectivity index (χ4n) is 1.06. The van der Waals surface area contributed by atoms with Gasteiger partial charge in [0.15, 0.2) is 0 Å². The van der Waals surface area contributed by atoms with Crippen LogP contribution in [-0.2, 0) is 16.8 Å². The molecule has 0 aliphatic carbocycles. The van der Waals surface area contributed by atoms with Crippen molar-refractivity contribution in [3.8, 4) is 5.75 Å². The highest BCUT2D eigenvalue weighted by Gasteiger charge is 2.17. The van der Waals surface area contributed by atoms with E-state index < -0.39 is 27.4 Å². The minimum absolute atomic E-state index is 0.158. The van der Waals surface area contributed by atoms with E-state index in [1.165, 1.54) is 6.07 Å². The van der Waals surface area contributed by atoms with Crippen LogP contribution < -0.4 is 5.73 Å². The van der Waals surface area contributed by atoms with E-state index >= 15 is 0 Å². The van der Waals surface area contributed by atoms with E-state index in [1.54, 1.807) is 0 Å². The Labute approximate surface area is 87.0 Å². The molecule has 0 radical (unpaired) electrons. The van der Waals surface area contributed by atoms with Crippen molar-refractivity contribution in [1.82, 2.24) is 0 Å². The Bertz CT molecular complexity index is 434. The summed E-state index contributed by atoms with van der Waals surface area (Å²) in [5.74, 6) is -1.04. The van der Waals surface area contributed by atoms with Gasteiger partial charge in [-0.1, -0.05) is 11.1 Å². The predicted molar refractivity (Wildman–Crippen MR) is 51.8 cm³/mol.